The van der Waals surface area contributed by atoms with Crippen molar-refractivity contribution in [2.24, 2.45) is 67.7 Å². The summed E-state index contributed by atoms with van der Waals surface area (Å²) in [7, 11) is 1.69. The number of fused-ring (bicyclic) bond motifs is 7. The lowest BCUT2D eigenvalue weighted by atomic mass is 9.32. The highest BCUT2D eigenvalue weighted by Gasteiger charge is 2.72. The van der Waals surface area contributed by atoms with E-state index in [1.807, 2.05) is 18.2 Å². The van der Waals surface area contributed by atoms with Gasteiger partial charge >= 0.3 is 5.97 Å². The van der Waals surface area contributed by atoms with Gasteiger partial charge in [0.05, 0.1) is 22.7 Å². The lowest BCUT2D eigenvalue weighted by molar-refractivity contribution is -0.232. The molecular weight excluding hydrogens is 600 g/mol. The van der Waals surface area contributed by atoms with Crippen LogP contribution in [0.4, 0.5) is 5.69 Å². The maximum absolute atomic E-state index is 13.0. The van der Waals surface area contributed by atoms with Gasteiger partial charge in [-0.05, 0) is 144 Å². The van der Waals surface area contributed by atoms with Gasteiger partial charge in [0, 0.05) is 11.1 Å². The van der Waals surface area contributed by atoms with Crippen molar-refractivity contribution >= 4 is 33.3 Å². The van der Waals surface area contributed by atoms with Gasteiger partial charge in [-0.2, -0.15) is 5.10 Å². The van der Waals surface area contributed by atoms with Crippen molar-refractivity contribution < 1.29 is 14.6 Å². The third-order valence-corrected chi connectivity index (χ3v) is 15.9. The topological polar surface area (TPSA) is 70.9 Å². The first kappa shape index (κ1) is 31.4. The number of anilines is 1. The van der Waals surface area contributed by atoms with Crippen molar-refractivity contribution in [3.8, 4) is 5.75 Å². The minimum Gasteiger partial charge on any atom is -0.495 e. The molecule has 43 heavy (non-hydrogen) atoms. The highest BCUT2D eigenvalue weighted by Crippen LogP contribution is 2.77. The zero-order chi connectivity index (χ0) is 31.2. The number of aliphatic carboxylic acids is 1. The molecule has 0 amide bonds. The molecule has 5 nitrogen and oxygen atoms in total. The predicted molar refractivity (Wildman–Crippen MR) is 178 cm³/mol. The van der Waals surface area contributed by atoms with Gasteiger partial charge in [0.1, 0.15) is 5.75 Å². The number of ether oxygens (including phenoxy) is 1. The summed E-state index contributed by atoms with van der Waals surface area (Å²) in [6.45, 7) is 17.5. The summed E-state index contributed by atoms with van der Waals surface area (Å²) in [5, 5.41) is 15.8. The highest BCUT2D eigenvalue weighted by molar-refractivity contribution is 9.10. The van der Waals surface area contributed by atoms with E-state index >= 15 is 0 Å². The first-order valence-electron chi connectivity index (χ1n) is 17.1. The number of carbonyl (C=O) groups is 1. The maximum Gasteiger partial charge on any atom is 0.309 e. The van der Waals surface area contributed by atoms with Gasteiger partial charge in [0.15, 0.2) is 0 Å². The summed E-state index contributed by atoms with van der Waals surface area (Å²) in [6.07, 6.45) is 11.1. The van der Waals surface area contributed by atoms with Crippen LogP contribution in [0, 0.1) is 62.6 Å². The number of nitrogens with zero attached hydrogens (tertiary/aromatic N) is 1. The van der Waals surface area contributed by atoms with Gasteiger partial charge in [-0.15, -0.1) is 0 Å². The summed E-state index contributed by atoms with van der Waals surface area (Å²) in [5.74, 6) is 3.49. The number of nitrogens with one attached hydrogen (secondary N) is 1. The van der Waals surface area contributed by atoms with E-state index in [2.05, 4.69) is 69.8 Å². The number of carboxylic acid groups (broad SMARTS) is 1. The first-order valence-corrected chi connectivity index (χ1v) is 17.9. The molecule has 2 N–H and O–H groups in total. The summed E-state index contributed by atoms with van der Waals surface area (Å²) >= 11 is 3.69. The third-order valence-electron chi connectivity index (χ3n) is 15.0. The van der Waals surface area contributed by atoms with Crippen LogP contribution in [-0.4, -0.2) is 23.9 Å². The van der Waals surface area contributed by atoms with Crippen LogP contribution in [-0.2, 0) is 4.79 Å². The summed E-state index contributed by atoms with van der Waals surface area (Å²) in [4.78, 5) is 13.0. The van der Waals surface area contributed by atoms with Gasteiger partial charge in [-0.1, -0.05) is 54.5 Å². The van der Waals surface area contributed by atoms with Crippen LogP contribution >= 0.6 is 15.9 Å². The minimum atomic E-state index is -0.499. The van der Waals surface area contributed by atoms with Crippen LogP contribution < -0.4 is 10.2 Å². The Kier molecular flexibility index (Phi) is 7.67. The van der Waals surface area contributed by atoms with E-state index in [4.69, 9.17) is 9.84 Å². The van der Waals surface area contributed by atoms with Crippen molar-refractivity contribution in [3.63, 3.8) is 0 Å². The molecule has 9 atom stereocenters. The average Bonchev–Trinajstić information content (AvgIpc) is 3.35. The zero-order valence-electron chi connectivity index (χ0n) is 27.9. The van der Waals surface area contributed by atoms with Crippen molar-refractivity contribution in [2.45, 2.75) is 113 Å². The molecule has 0 spiro atoms. The number of hydrogen-bond donors (Lipinski definition) is 2. The van der Waals surface area contributed by atoms with Crippen molar-refractivity contribution in [1.29, 1.82) is 0 Å². The van der Waals surface area contributed by atoms with Crippen LogP contribution in [0.15, 0.2) is 27.8 Å². The molecule has 5 saturated carbocycles. The third kappa shape index (κ3) is 4.26. The number of hydrazone groups is 1. The summed E-state index contributed by atoms with van der Waals surface area (Å²) in [6, 6.07) is 5.99. The van der Waals surface area contributed by atoms with E-state index in [0.29, 0.717) is 35.5 Å². The smallest absolute Gasteiger partial charge is 0.309 e. The van der Waals surface area contributed by atoms with Crippen LogP contribution in [0.3, 0.4) is 0 Å². The lowest BCUT2D eigenvalue weighted by Crippen LogP contribution is -2.66. The number of rotatable bonds is 5. The van der Waals surface area contributed by atoms with Gasteiger partial charge in [0.2, 0.25) is 0 Å². The molecule has 0 saturated heterocycles. The second kappa shape index (κ2) is 10.5. The number of methoxy groups -OCH3 is 1. The molecule has 0 bridgehead atoms. The molecule has 6 heteroatoms. The predicted octanol–water partition coefficient (Wildman–Crippen LogP) is 10.0. The van der Waals surface area contributed by atoms with Crippen LogP contribution in [0.1, 0.15) is 113 Å². The zero-order valence-corrected chi connectivity index (χ0v) is 29.4. The van der Waals surface area contributed by atoms with E-state index in [1.54, 1.807) is 7.11 Å². The Morgan fingerprint density at radius 3 is 2.40 bits per heavy atom. The molecule has 5 aliphatic carbocycles. The Morgan fingerprint density at radius 2 is 1.72 bits per heavy atom. The van der Waals surface area contributed by atoms with E-state index < -0.39 is 11.4 Å². The van der Waals surface area contributed by atoms with E-state index in [0.717, 1.165) is 48.0 Å². The number of hydrogen-bond acceptors (Lipinski definition) is 4. The fourth-order valence-electron chi connectivity index (χ4n) is 12.7. The largest absolute Gasteiger partial charge is 0.495 e. The molecule has 2 unspecified atom stereocenters. The summed E-state index contributed by atoms with van der Waals surface area (Å²) in [5.41, 5.74) is 5.81. The molecule has 0 radical (unpaired) electrons. The molecule has 1 aromatic carbocycles. The van der Waals surface area contributed by atoms with E-state index in [-0.39, 0.29) is 21.7 Å². The number of benzene rings is 1. The van der Waals surface area contributed by atoms with Crippen molar-refractivity contribution in [1.82, 2.24) is 0 Å². The molecule has 238 valence electrons. The van der Waals surface area contributed by atoms with Crippen LogP contribution in [0.25, 0.3) is 0 Å². The Hall–Kier alpha value is -1.56. The van der Waals surface area contributed by atoms with Gasteiger partial charge in [0.25, 0.3) is 0 Å². The Balaban J connectivity index is 1.30. The van der Waals surface area contributed by atoms with E-state index in [1.165, 1.54) is 37.8 Å². The molecular formula is C37H55BrN2O3. The average molecular weight is 656 g/mol. The molecule has 1 aromatic rings. The molecule has 0 aliphatic heterocycles. The minimum absolute atomic E-state index is 0.00361. The number of halogens is 1. The monoisotopic (exact) mass is 654 g/mol. The quantitative estimate of drug-likeness (QED) is 0.310. The SMILES string of the molecule is COc1cccc(N/N=C2\CC[C@]3(C)[C@H]4CCC5[C@H]6[C@H](C(C)C)CCC6(C(=O)O)CC[C@@]5(C)[C@]4(C)CC[C@H]3C2(C)C)c1Br. The van der Waals surface area contributed by atoms with Gasteiger partial charge in [-0.25, -0.2) is 0 Å². The lowest BCUT2D eigenvalue weighted by Gasteiger charge is -2.72. The first-order chi connectivity index (χ1) is 20.2. The highest BCUT2D eigenvalue weighted by atomic mass is 79.9. The molecule has 5 aliphatic rings. The van der Waals surface area contributed by atoms with Crippen LogP contribution in [0.5, 0.6) is 5.75 Å². The van der Waals surface area contributed by atoms with Gasteiger partial charge < -0.3 is 9.84 Å². The fourth-order valence-corrected chi connectivity index (χ4v) is 13.2. The Bertz CT molecular complexity index is 1310. The van der Waals surface area contributed by atoms with Crippen LogP contribution in [0.2, 0.25) is 0 Å². The second-order valence-corrected chi connectivity index (χ2v) is 17.6. The van der Waals surface area contributed by atoms with Gasteiger partial charge in [-0.3, -0.25) is 10.2 Å². The van der Waals surface area contributed by atoms with Crippen molar-refractivity contribution in [2.75, 3.05) is 12.5 Å². The Morgan fingerprint density at radius 1 is 0.977 bits per heavy atom. The Labute approximate surface area is 268 Å². The maximum atomic E-state index is 13.0. The van der Waals surface area contributed by atoms with E-state index in [9.17, 15) is 9.90 Å². The normalized spacial score (nSPS) is 44.2. The summed E-state index contributed by atoms with van der Waals surface area (Å²) < 4.78 is 6.40. The standard InChI is InChI=1S/C37H55BrN2O3/c1-22(2)23-14-19-37(32(41)42)21-20-35(6)24(30(23)37)12-13-28-34(5)17-16-29(33(3,4)27(34)15-18-36(28,35)7)40-39-25-10-9-11-26(43-8)31(25)38/h9-11,22-24,27-28,30,39H,12-21H2,1-8H3,(H,41,42)/b40-29+/t23-,24?,27-,28+,30+,34-,35+,36+,37?/m0/s1. The van der Waals surface area contributed by atoms with Crippen molar-refractivity contribution in [3.05, 3.63) is 22.7 Å². The number of carboxylic acids is 1. The second-order valence-electron chi connectivity index (χ2n) is 16.8. The fraction of sp³-hybridized carbons (Fsp3) is 0.784. The molecule has 5 fully saturated rings. The molecule has 0 heterocycles. The molecule has 6 rings (SSSR count). The molecule has 0 aromatic heterocycles.